The van der Waals surface area contributed by atoms with Crippen molar-refractivity contribution >= 4 is 17.4 Å². The lowest BCUT2D eigenvalue weighted by Crippen LogP contribution is -2.31. The smallest absolute Gasteiger partial charge is 0.129 e. The Labute approximate surface area is 116 Å². The van der Waals surface area contributed by atoms with Crippen LogP contribution >= 0.6 is 11.6 Å². The molecule has 1 aromatic rings. The number of pyridine rings is 1. The van der Waals surface area contributed by atoms with Gasteiger partial charge in [0.05, 0.1) is 5.02 Å². The molecular weight excluding hydrogens is 246 g/mol. The molecule has 0 atom stereocenters. The van der Waals surface area contributed by atoms with Crippen LogP contribution in [0.3, 0.4) is 0 Å². The monoisotopic (exact) mass is 269 g/mol. The maximum atomic E-state index is 6.18. The topological polar surface area (TPSA) is 28.2 Å². The highest BCUT2D eigenvalue weighted by Gasteiger charge is 2.11. The van der Waals surface area contributed by atoms with Gasteiger partial charge in [0, 0.05) is 25.3 Å². The molecule has 0 aliphatic rings. The largest absolute Gasteiger partial charge is 0.354 e. The molecule has 0 radical (unpaired) electrons. The molecule has 1 N–H and O–H groups in total. The van der Waals surface area contributed by atoms with Gasteiger partial charge in [0.1, 0.15) is 5.82 Å². The minimum Gasteiger partial charge on any atom is -0.354 e. The summed E-state index contributed by atoms with van der Waals surface area (Å²) in [6, 6.07) is 2.54. The van der Waals surface area contributed by atoms with Crippen molar-refractivity contribution in [2.45, 2.75) is 46.7 Å². The van der Waals surface area contributed by atoms with Crippen LogP contribution in [0.2, 0.25) is 5.02 Å². The predicted octanol–water partition coefficient (Wildman–Crippen LogP) is 3.47. The van der Waals surface area contributed by atoms with Crippen LogP contribution in [0.15, 0.2) is 12.3 Å². The molecular formula is C14H24ClN3. The molecule has 18 heavy (non-hydrogen) atoms. The number of nitrogens with zero attached hydrogens (tertiary/aromatic N) is 2. The molecule has 0 amide bonds. The van der Waals surface area contributed by atoms with E-state index in [4.69, 9.17) is 11.6 Å². The molecule has 102 valence electrons. The van der Waals surface area contributed by atoms with Crippen LogP contribution in [0.4, 0.5) is 5.82 Å². The molecule has 0 saturated heterocycles. The Bertz CT molecular complexity index is 366. The van der Waals surface area contributed by atoms with Crippen molar-refractivity contribution < 1.29 is 0 Å². The van der Waals surface area contributed by atoms with Crippen molar-refractivity contribution in [3.05, 3.63) is 22.8 Å². The van der Waals surface area contributed by atoms with Crippen LogP contribution in [-0.2, 0) is 6.54 Å². The zero-order valence-corrected chi connectivity index (χ0v) is 12.6. The van der Waals surface area contributed by atoms with Crippen LogP contribution in [0.25, 0.3) is 0 Å². The van der Waals surface area contributed by atoms with Gasteiger partial charge in [-0.05, 0) is 45.4 Å². The first-order chi connectivity index (χ1) is 8.60. The fraction of sp³-hybridized carbons (Fsp3) is 0.643. The first kappa shape index (κ1) is 15.3. The third-order valence-electron chi connectivity index (χ3n) is 2.92. The Kier molecular flexibility index (Phi) is 6.44. The fourth-order valence-corrected chi connectivity index (χ4v) is 2.12. The lowest BCUT2D eigenvalue weighted by Gasteiger charge is -2.26. The summed E-state index contributed by atoms with van der Waals surface area (Å²) in [5, 5.41) is 4.11. The molecule has 1 heterocycles. The Balaban J connectivity index is 2.85. The van der Waals surface area contributed by atoms with Gasteiger partial charge in [0.15, 0.2) is 0 Å². The SMILES string of the molecule is CCCNCc1cc(N(CC)C(C)C)ncc1Cl. The number of nitrogens with one attached hydrogen (secondary N) is 1. The van der Waals surface area contributed by atoms with Crippen LogP contribution < -0.4 is 10.2 Å². The van der Waals surface area contributed by atoms with Gasteiger partial charge >= 0.3 is 0 Å². The normalized spacial score (nSPS) is 11.0. The van der Waals surface area contributed by atoms with Gasteiger partial charge in [0.2, 0.25) is 0 Å². The Morgan fingerprint density at radius 2 is 2.11 bits per heavy atom. The Morgan fingerprint density at radius 1 is 1.39 bits per heavy atom. The van der Waals surface area contributed by atoms with Crippen molar-refractivity contribution in [2.24, 2.45) is 0 Å². The zero-order chi connectivity index (χ0) is 13.5. The zero-order valence-electron chi connectivity index (χ0n) is 11.8. The van der Waals surface area contributed by atoms with E-state index in [0.717, 1.165) is 42.5 Å². The Hall–Kier alpha value is -0.800. The molecule has 0 aliphatic carbocycles. The van der Waals surface area contributed by atoms with Crippen molar-refractivity contribution in [1.29, 1.82) is 0 Å². The summed E-state index contributed by atoms with van der Waals surface area (Å²) >= 11 is 6.18. The summed E-state index contributed by atoms with van der Waals surface area (Å²) in [5.74, 6) is 1.00. The second-order valence-corrected chi connectivity index (χ2v) is 5.10. The number of anilines is 1. The highest BCUT2D eigenvalue weighted by atomic mass is 35.5. The lowest BCUT2D eigenvalue weighted by molar-refractivity contribution is 0.670. The second-order valence-electron chi connectivity index (χ2n) is 4.69. The van der Waals surface area contributed by atoms with Crippen LogP contribution in [-0.4, -0.2) is 24.1 Å². The molecule has 0 fully saturated rings. The summed E-state index contributed by atoms with van der Waals surface area (Å²) in [7, 11) is 0. The minimum absolute atomic E-state index is 0.445. The summed E-state index contributed by atoms with van der Waals surface area (Å²) in [4.78, 5) is 6.69. The van der Waals surface area contributed by atoms with Crippen LogP contribution in [0.1, 0.15) is 39.7 Å². The van der Waals surface area contributed by atoms with Crippen LogP contribution in [0.5, 0.6) is 0 Å². The van der Waals surface area contributed by atoms with E-state index in [1.165, 1.54) is 0 Å². The molecule has 1 aromatic heterocycles. The number of rotatable bonds is 7. The average molecular weight is 270 g/mol. The van der Waals surface area contributed by atoms with E-state index in [1.54, 1.807) is 6.20 Å². The van der Waals surface area contributed by atoms with E-state index in [2.05, 4.69) is 49.0 Å². The summed E-state index contributed by atoms with van der Waals surface area (Å²) in [6.07, 6.45) is 2.88. The minimum atomic E-state index is 0.445. The summed E-state index contributed by atoms with van der Waals surface area (Å²) < 4.78 is 0. The van der Waals surface area contributed by atoms with E-state index in [9.17, 15) is 0 Å². The second kappa shape index (κ2) is 7.59. The van der Waals surface area contributed by atoms with E-state index in [1.807, 2.05) is 0 Å². The molecule has 4 heteroatoms. The van der Waals surface area contributed by atoms with Crippen LogP contribution in [0, 0.1) is 0 Å². The standard InChI is InChI=1S/C14H24ClN3/c1-5-7-16-9-12-8-14(17-10-13(12)15)18(6-2)11(3)4/h8,10-11,16H,5-7,9H2,1-4H3. The quantitative estimate of drug-likeness (QED) is 0.769. The third kappa shape index (κ3) is 4.14. The molecule has 0 aliphatic heterocycles. The van der Waals surface area contributed by atoms with Crippen molar-refractivity contribution in [1.82, 2.24) is 10.3 Å². The predicted molar refractivity (Wildman–Crippen MR) is 79.4 cm³/mol. The lowest BCUT2D eigenvalue weighted by atomic mass is 10.2. The first-order valence-corrected chi connectivity index (χ1v) is 7.09. The summed E-state index contributed by atoms with van der Waals surface area (Å²) in [6.45, 7) is 11.4. The number of hydrogen-bond donors (Lipinski definition) is 1. The molecule has 0 unspecified atom stereocenters. The maximum Gasteiger partial charge on any atom is 0.129 e. The maximum absolute atomic E-state index is 6.18. The van der Waals surface area contributed by atoms with Gasteiger partial charge in [-0.25, -0.2) is 4.98 Å². The third-order valence-corrected chi connectivity index (χ3v) is 3.26. The van der Waals surface area contributed by atoms with Crippen molar-refractivity contribution in [2.75, 3.05) is 18.0 Å². The molecule has 0 saturated carbocycles. The average Bonchev–Trinajstić information content (AvgIpc) is 2.33. The molecule has 0 spiro atoms. The Morgan fingerprint density at radius 3 is 2.67 bits per heavy atom. The van der Waals surface area contributed by atoms with Crippen molar-refractivity contribution in [3.8, 4) is 0 Å². The number of halogens is 1. The molecule has 0 aromatic carbocycles. The van der Waals surface area contributed by atoms with Gasteiger partial charge in [-0.2, -0.15) is 0 Å². The van der Waals surface area contributed by atoms with E-state index in [-0.39, 0.29) is 0 Å². The van der Waals surface area contributed by atoms with E-state index in [0.29, 0.717) is 6.04 Å². The van der Waals surface area contributed by atoms with E-state index < -0.39 is 0 Å². The van der Waals surface area contributed by atoms with Gasteiger partial charge in [0.25, 0.3) is 0 Å². The molecule has 0 bridgehead atoms. The van der Waals surface area contributed by atoms with Gasteiger partial charge in [-0.15, -0.1) is 0 Å². The molecule has 3 nitrogen and oxygen atoms in total. The summed E-state index contributed by atoms with van der Waals surface area (Å²) in [5.41, 5.74) is 1.12. The van der Waals surface area contributed by atoms with Gasteiger partial charge in [-0.3, -0.25) is 0 Å². The number of hydrogen-bond acceptors (Lipinski definition) is 3. The van der Waals surface area contributed by atoms with Crippen molar-refractivity contribution in [3.63, 3.8) is 0 Å². The highest BCUT2D eigenvalue weighted by Crippen LogP contribution is 2.21. The van der Waals surface area contributed by atoms with Gasteiger partial charge < -0.3 is 10.2 Å². The number of aromatic nitrogens is 1. The highest BCUT2D eigenvalue weighted by molar-refractivity contribution is 6.31. The first-order valence-electron chi connectivity index (χ1n) is 6.71. The van der Waals surface area contributed by atoms with Gasteiger partial charge in [-0.1, -0.05) is 18.5 Å². The van der Waals surface area contributed by atoms with E-state index >= 15 is 0 Å². The fourth-order valence-electron chi connectivity index (χ4n) is 1.95. The molecule has 1 rings (SSSR count).